The Kier molecular flexibility index (Phi) is 7.20. The van der Waals surface area contributed by atoms with Crippen molar-refractivity contribution in [2.75, 3.05) is 19.8 Å². The molecule has 11 heteroatoms. The van der Waals surface area contributed by atoms with Gasteiger partial charge in [0.15, 0.2) is 0 Å². The first-order valence-corrected chi connectivity index (χ1v) is 12.6. The Morgan fingerprint density at radius 3 is 2.63 bits per heavy atom. The molecule has 1 aliphatic heterocycles. The van der Waals surface area contributed by atoms with Gasteiger partial charge < -0.3 is 14.5 Å². The summed E-state index contributed by atoms with van der Waals surface area (Å²) in [6.07, 6.45) is -4.06. The summed E-state index contributed by atoms with van der Waals surface area (Å²) < 4.78 is 80.0. The van der Waals surface area contributed by atoms with Crippen LogP contribution in [0.3, 0.4) is 0 Å². The summed E-state index contributed by atoms with van der Waals surface area (Å²) in [5.74, 6) is 0.570. The molecule has 1 aliphatic rings. The van der Waals surface area contributed by atoms with Crippen LogP contribution >= 0.6 is 0 Å². The number of aromatic nitrogens is 1. The van der Waals surface area contributed by atoms with Crippen molar-refractivity contribution >= 4 is 20.9 Å². The number of H-pyrrole nitrogens is 1. The van der Waals surface area contributed by atoms with Crippen molar-refractivity contribution in [3.63, 3.8) is 0 Å². The number of benzene rings is 2. The van der Waals surface area contributed by atoms with Gasteiger partial charge in [-0.05, 0) is 56.2 Å². The van der Waals surface area contributed by atoms with Crippen molar-refractivity contribution in [1.29, 1.82) is 0 Å². The molecule has 4 rings (SSSR count). The summed E-state index contributed by atoms with van der Waals surface area (Å²) >= 11 is 0. The summed E-state index contributed by atoms with van der Waals surface area (Å²) in [4.78, 5) is 14.6. The number of aromatic amines is 1. The van der Waals surface area contributed by atoms with Crippen LogP contribution in [0.15, 0.2) is 58.2 Å². The second-order valence-corrected chi connectivity index (χ2v) is 10.1. The van der Waals surface area contributed by atoms with E-state index in [4.69, 9.17) is 9.47 Å². The largest absolute Gasteiger partial charge is 0.494 e. The predicted octanol–water partition coefficient (Wildman–Crippen LogP) is 4.32. The monoisotopic (exact) mass is 510 g/mol. The normalized spacial score (nSPS) is 16.8. The Bertz CT molecular complexity index is 1370. The first-order chi connectivity index (χ1) is 16.6. The van der Waals surface area contributed by atoms with Gasteiger partial charge in [-0.3, -0.25) is 4.79 Å². The lowest BCUT2D eigenvalue weighted by atomic mass is 10.1. The number of ether oxygens (including phenoxy) is 2. The van der Waals surface area contributed by atoms with E-state index in [-0.39, 0.29) is 12.1 Å². The standard InChI is InChI=1S/C24H25F3N2O5S/c1-2-33-18-9-10-21-16(13-18)12-17(23(30)28-21)14-29(15-19-6-5-11-34-19)35(31,32)22-8-4-3-7-20(22)24(25,26)27/h3-4,7-10,12-13,19H,2,5-6,11,14-15H2,1H3,(H,28,30). The number of pyridine rings is 1. The summed E-state index contributed by atoms with van der Waals surface area (Å²) in [5, 5.41) is 0.607. The number of hydrogen-bond donors (Lipinski definition) is 1. The lowest BCUT2D eigenvalue weighted by molar-refractivity contribution is -0.139. The quantitative estimate of drug-likeness (QED) is 0.488. The topological polar surface area (TPSA) is 88.7 Å². The fourth-order valence-electron chi connectivity index (χ4n) is 4.12. The van der Waals surface area contributed by atoms with E-state index in [1.807, 2.05) is 6.92 Å². The van der Waals surface area contributed by atoms with Gasteiger partial charge in [-0.2, -0.15) is 17.5 Å². The summed E-state index contributed by atoms with van der Waals surface area (Å²) in [6, 6.07) is 10.6. The molecule has 0 bridgehead atoms. The van der Waals surface area contributed by atoms with Crippen molar-refractivity contribution in [2.45, 2.75) is 43.5 Å². The fourth-order valence-corrected chi connectivity index (χ4v) is 5.78. The van der Waals surface area contributed by atoms with Crippen LogP contribution in [-0.2, 0) is 27.5 Å². The molecular weight excluding hydrogens is 485 g/mol. The van der Waals surface area contributed by atoms with Crippen molar-refractivity contribution in [3.8, 4) is 5.75 Å². The average Bonchev–Trinajstić information content (AvgIpc) is 3.32. The third-order valence-electron chi connectivity index (χ3n) is 5.79. The van der Waals surface area contributed by atoms with E-state index >= 15 is 0 Å². The van der Waals surface area contributed by atoms with E-state index in [1.54, 1.807) is 18.2 Å². The van der Waals surface area contributed by atoms with Crippen molar-refractivity contribution in [2.24, 2.45) is 0 Å². The molecule has 0 aliphatic carbocycles. The molecule has 35 heavy (non-hydrogen) atoms. The number of alkyl halides is 3. The molecule has 0 spiro atoms. The van der Waals surface area contributed by atoms with Crippen molar-refractivity contribution in [1.82, 2.24) is 9.29 Å². The number of nitrogens with one attached hydrogen (secondary N) is 1. The van der Waals surface area contributed by atoms with Crippen molar-refractivity contribution in [3.05, 3.63) is 70.0 Å². The van der Waals surface area contributed by atoms with E-state index in [1.165, 1.54) is 12.1 Å². The van der Waals surface area contributed by atoms with Crippen LogP contribution in [-0.4, -0.2) is 43.6 Å². The Balaban J connectivity index is 1.77. The predicted molar refractivity (Wildman–Crippen MR) is 124 cm³/mol. The van der Waals surface area contributed by atoms with Crippen LogP contribution in [0, 0.1) is 0 Å². The number of hydrogen-bond acceptors (Lipinski definition) is 5. The summed E-state index contributed by atoms with van der Waals surface area (Å²) in [7, 11) is -4.63. The summed E-state index contributed by atoms with van der Waals surface area (Å²) in [6.45, 7) is 2.11. The molecule has 1 saturated heterocycles. The van der Waals surface area contributed by atoms with E-state index < -0.39 is 44.9 Å². The summed E-state index contributed by atoms with van der Waals surface area (Å²) in [5.41, 5.74) is -1.17. The van der Waals surface area contributed by atoms with E-state index in [0.29, 0.717) is 42.7 Å². The molecule has 1 fully saturated rings. The highest BCUT2D eigenvalue weighted by molar-refractivity contribution is 7.89. The van der Waals surface area contributed by atoms with Gasteiger partial charge in [0, 0.05) is 36.2 Å². The van der Waals surface area contributed by atoms with Crippen LogP contribution in [0.25, 0.3) is 10.9 Å². The minimum atomic E-state index is -4.87. The maximum atomic E-state index is 13.6. The Hall–Kier alpha value is -2.89. The first kappa shape index (κ1) is 25.2. The smallest absolute Gasteiger partial charge is 0.417 e. The van der Waals surface area contributed by atoms with Gasteiger partial charge in [-0.15, -0.1) is 0 Å². The maximum Gasteiger partial charge on any atom is 0.417 e. The van der Waals surface area contributed by atoms with Crippen LogP contribution < -0.4 is 10.3 Å². The highest BCUT2D eigenvalue weighted by Gasteiger charge is 2.39. The maximum absolute atomic E-state index is 13.6. The number of nitrogens with zero attached hydrogens (tertiary/aromatic N) is 1. The van der Waals surface area contributed by atoms with Gasteiger partial charge in [-0.1, -0.05) is 12.1 Å². The molecule has 7 nitrogen and oxygen atoms in total. The van der Waals surface area contributed by atoms with Crippen LogP contribution in [0.5, 0.6) is 5.75 Å². The number of sulfonamides is 1. The molecule has 0 radical (unpaired) electrons. The van der Waals surface area contributed by atoms with Gasteiger partial charge in [-0.25, -0.2) is 8.42 Å². The Morgan fingerprint density at radius 1 is 1.17 bits per heavy atom. The van der Waals surface area contributed by atoms with E-state index in [9.17, 15) is 26.4 Å². The molecule has 1 unspecified atom stereocenters. The number of halogens is 3. The molecule has 0 saturated carbocycles. The molecule has 1 aromatic heterocycles. The van der Waals surface area contributed by atoms with Crippen LogP contribution in [0.4, 0.5) is 13.2 Å². The second-order valence-electron chi connectivity index (χ2n) is 8.23. The number of fused-ring (bicyclic) bond motifs is 1. The SMILES string of the molecule is CCOc1ccc2[nH]c(=O)c(CN(CC3CCCO3)S(=O)(=O)c3ccccc3C(F)(F)F)cc2c1. The van der Waals surface area contributed by atoms with Crippen LogP contribution in [0.1, 0.15) is 30.9 Å². The van der Waals surface area contributed by atoms with E-state index in [0.717, 1.165) is 22.5 Å². The van der Waals surface area contributed by atoms with Crippen LogP contribution in [0.2, 0.25) is 0 Å². The highest BCUT2D eigenvalue weighted by Crippen LogP contribution is 2.36. The Labute approximate surface area is 200 Å². The van der Waals surface area contributed by atoms with Gasteiger partial charge in [0.05, 0.1) is 23.2 Å². The average molecular weight is 511 g/mol. The fraction of sp³-hybridized carbons (Fsp3) is 0.375. The highest BCUT2D eigenvalue weighted by atomic mass is 32.2. The molecule has 1 N–H and O–H groups in total. The number of rotatable bonds is 8. The molecule has 1 atom stereocenters. The zero-order valence-corrected chi connectivity index (χ0v) is 19.8. The third-order valence-corrected chi connectivity index (χ3v) is 7.66. The zero-order valence-electron chi connectivity index (χ0n) is 19.0. The lowest BCUT2D eigenvalue weighted by Gasteiger charge is -2.26. The van der Waals surface area contributed by atoms with Gasteiger partial charge in [0.1, 0.15) is 5.75 Å². The molecule has 2 aromatic carbocycles. The van der Waals surface area contributed by atoms with Gasteiger partial charge >= 0.3 is 6.18 Å². The Morgan fingerprint density at radius 2 is 1.94 bits per heavy atom. The molecule has 188 valence electrons. The van der Waals surface area contributed by atoms with E-state index in [2.05, 4.69) is 4.98 Å². The second kappa shape index (κ2) is 10.00. The molecule has 2 heterocycles. The minimum absolute atomic E-state index is 0.0946. The van der Waals surface area contributed by atoms with Crippen molar-refractivity contribution < 1.29 is 31.1 Å². The molecule has 3 aromatic rings. The first-order valence-electron chi connectivity index (χ1n) is 11.2. The lowest BCUT2D eigenvalue weighted by Crippen LogP contribution is -2.39. The minimum Gasteiger partial charge on any atom is -0.494 e. The van der Waals surface area contributed by atoms with Gasteiger partial charge in [0.25, 0.3) is 5.56 Å². The third kappa shape index (κ3) is 5.52. The van der Waals surface area contributed by atoms with Gasteiger partial charge in [0.2, 0.25) is 10.0 Å². The zero-order chi connectivity index (χ0) is 25.2. The molecular formula is C24H25F3N2O5S. The molecule has 0 amide bonds.